The summed E-state index contributed by atoms with van der Waals surface area (Å²) in [6.07, 6.45) is 7.46. The molecule has 4 rings (SSSR count). The van der Waals surface area contributed by atoms with E-state index in [2.05, 4.69) is 13.2 Å². The van der Waals surface area contributed by atoms with E-state index in [9.17, 15) is 4.79 Å². The van der Waals surface area contributed by atoms with Crippen molar-refractivity contribution in [3.63, 3.8) is 0 Å². The van der Waals surface area contributed by atoms with Crippen molar-refractivity contribution >= 4 is 5.97 Å². The Labute approximate surface area is 123 Å². The first kappa shape index (κ1) is 15.3. The molecule has 2 heteroatoms. The smallest absolute Gasteiger partial charge is 0.333 e. The lowest BCUT2D eigenvalue weighted by atomic mass is 9.54. The van der Waals surface area contributed by atoms with Gasteiger partial charge in [0.1, 0.15) is 5.60 Å². The minimum absolute atomic E-state index is 0.106. The molecule has 2 nitrogen and oxygen atoms in total. The van der Waals surface area contributed by atoms with Crippen molar-refractivity contribution in [3.05, 3.63) is 24.3 Å². The molecule has 0 heterocycles. The molecular formula is C18H28O2. The largest absolute Gasteiger partial charge is 0.456 e. The molecule has 4 saturated carbocycles. The summed E-state index contributed by atoms with van der Waals surface area (Å²) in [7, 11) is 0. The van der Waals surface area contributed by atoms with Crippen LogP contribution in [0.3, 0.4) is 0 Å². The van der Waals surface area contributed by atoms with Gasteiger partial charge in [0.25, 0.3) is 0 Å². The highest BCUT2D eigenvalue weighted by Gasteiger charge is 2.53. The normalized spacial score (nSPS) is 36.9. The number of carbonyl (C=O) groups is 1. The zero-order chi connectivity index (χ0) is 14.9. The van der Waals surface area contributed by atoms with Gasteiger partial charge in [-0.2, -0.15) is 0 Å². The number of ether oxygens (including phenoxy) is 1. The lowest BCUT2D eigenvalue weighted by Gasteiger charge is -2.55. The van der Waals surface area contributed by atoms with Crippen molar-refractivity contribution < 1.29 is 9.53 Å². The fourth-order valence-electron chi connectivity index (χ4n) is 4.44. The van der Waals surface area contributed by atoms with E-state index in [1.54, 1.807) is 6.92 Å². The van der Waals surface area contributed by atoms with Crippen LogP contribution in [-0.2, 0) is 9.53 Å². The van der Waals surface area contributed by atoms with Crippen molar-refractivity contribution in [1.29, 1.82) is 0 Å². The Morgan fingerprint density at radius 1 is 0.950 bits per heavy atom. The monoisotopic (exact) mass is 276 g/mol. The Balaban J connectivity index is 0.000000328. The molecule has 4 aliphatic carbocycles. The maximum atomic E-state index is 11.7. The quantitative estimate of drug-likeness (QED) is 0.416. The highest BCUT2D eigenvalue weighted by Crippen LogP contribution is 2.57. The van der Waals surface area contributed by atoms with E-state index in [-0.39, 0.29) is 11.6 Å². The van der Waals surface area contributed by atoms with Crippen LogP contribution in [0.25, 0.3) is 0 Å². The highest BCUT2D eigenvalue weighted by atomic mass is 16.6. The molecule has 0 atom stereocenters. The lowest BCUT2D eigenvalue weighted by molar-refractivity contribution is -0.182. The van der Waals surface area contributed by atoms with Gasteiger partial charge in [0, 0.05) is 5.57 Å². The lowest BCUT2D eigenvalue weighted by Crippen LogP contribution is -2.52. The Hall–Kier alpha value is -1.05. The summed E-state index contributed by atoms with van der Waals surface area (Å²) in [4.78, 5) is 11.7. The summed E-state index contributed by atoms with van der Waals surface area (Å²) < 4.78 is 5.77. The molecular weight excluding hydrogens is 248 g/mol. The van der Waals surface area contributed by atoms with Gasteiger partial charge in [-0.3, -0.25) is 0 Å². The molecule has 0 aromatic rings. The van der Waals surface area contributed by atoms with E-state index >= 15 is 0 Å². The summed E-state index contributed by atoms with van der Waals surface area (Å²) in [5, 5.41) is 0. The van der Waals surface area contributed by atoms with Gasteiger partial charge in [0.2, 0.25) is 0 Å². The second kappa shape index (κ2) is 5.75. The first-order valence-corrected chi connectivity index (χ1v) is 7.80. The molecule has 0 aromatic carbocycles. The van der Waals surface area contributed by atoms with E-state index < -0.39 is 0 Å². The maximum Gasteiger partial charge on any atom is 0.333 e. The molecule has 0 amide bonds. The zero-order valence-electron chi connectivity index (χ0n) is 13.2. The van der Waals surface area contributed by atoms with E-state index in [1.165, 1.54) is 24.8 Å². The molecule has 112 valence electrons. The van der Waals surface area contributed by atoms with Crippen molar-refractivity contribution in [2.45, 2.75) is 64.9 Å². The highest BCUT2D eigenvalue weighted by molar-refractivity contribution is 5.87. The van der Waals surface area contributed by atoms with Crippen LogP contribution in [-0.4, -0.2) is 11.6 Å². The van der Waals surface area contributed by atoms with Gasteiger partial charge in [-0.1, -0.05) is 12.2 Å². The molecule has 20 heavy (non-hydrogen) atoms. The third-order valence-corrected chi connectivity index (χ3v) is 4.64. The minimum atomic E-state index is -0.179. The van der Waals surface area contributed by atoms with Gasteiger partial charge in [-0.05, 0) is 77.0 Å². The van der Waals surface area contributed by atoms with E-state index in [0.29, 0.717) is 5.57 Å². The van der Waals surface area contributed by atoms with Gasteiger partial charge in [-0.25, -0.2) is 4.79 Å². The van der Waals surface area contributed by atoms with E-state index in [0.717, 1.165) is 37.0 Å². The first-order valence-electron chi connectivity index (χ1n) is 7.80. The van der Waals surface area contributed by atoms with Crippen molar-refractivity contribution in [2.75, 3.05) is 0 Å². The third-order valence-electron chi connectivity index (χ3n) is 4.64. The number of hydrogen-bond acceptors (Lipinski definition) is 2. The van der Waals surface area contributed by atoms with Crippen LogP contribution < -0.4 is 0 Å². The Bertz CT molecular complexity index is 380. The Morgan fingerprint density at radius 2 is 1.30 bits per heavy atom. The van der Waals surface area contributed by atoms with Crippen molar-refractivity contribution in [1.82, 2.24) is 0 Å². The standard InChI is InChI=1S/C14H20O2.C4H8/c1-9(2)13(15)16-14-6-10-3-11(7-14)5-12(4-10)8-14;1-4(2)3/h10-12H,1,3-8H2,2H3;1H2,2-3H3. The Kier molecular flexibility index (Phi) is 4.41. The van der Waals surface area contributed by atoms with Crippen LogP contribution in [0, 0.1) is 17.8 Å². The van der Waals surface area contributed by atoms with Crippen LogP contribution in [0.5, 0.6) is 0 Å². The van der Waals surface area contributed by atoms with Crippen LogP contribution >= 0.6 is 0 Å². The number of rotatable bonds is 2. The fourth-order valence-corrected chi connectivity index (χ4v) is 4.44. The molecule has 0 unspecified atom stereocenters. The van der Waals surface area contributed by atoms with Gasteiger partial charge in [0.15, 0.2) is 0 Å². The molecule has 4 bridgehead atoms. The molecule has 4 aliphatic rings. The van der Waals surface area contributed by atoms with Gasteiger partial charge in [0.05, 0.1) is 0 Å². The maximum absolute atomic E-state index is 11.7. The predicted octanol–water partition coefficient (Wildman–Crippen LogP) is 4.66. The summed E-state index contributed by atoms with van der Waals surface area (Å²) in [5.41, 5.74) is 1.60. The topological polar surface area (TPSA) is 26.3 Å². The molecule has 0 aliphatic heterocycles. The molecule has 0 radical (unpaired) electrons. The summed E-state index contributed by atoms with van der Waals surface area (Å²) >= 11 is 0. The SMILES string of the molecule is C=C(C)C.C=C(C)C(=O)OC12CC3CC(CC(C3)C1)C2. The Morgan fingerprint density at radius 3 is 1.60 bits per heavy atom. The number of esters is 1. The van der Waals surface area contributed by atoms with Gasteiger partial charge in [-0.15, -0.1) is 6.58 Å². The summed E-state index contributed by atoms with van der Waals surface area (Å²) in [5.74, 6) is 2.29. The van der Waals surface area contributed by atoms with Crippen LogP contribution in [0.15, 0.2) is 24.3 Å². The van der Waals surface area contributed by atoms with Gasteiger partial charge < -0.3 is 4.74 Å². The van der Waals surface area contributed by atoms with Crippen LogP contribution in [0.2, 0.25) is 0 Å². The molecule has 0 spiro atoms. The third kappa shape index (κ3) is 3.53. The first-order chi connectivity index (χ1) is 9.29. The predicted molar refractivity (Wildman–Crippen MR) is 82.3 cm³/mol. The number of carbonyl (C=O) groups excluding carboxylic acids is 1. The second-order valence-electron chi connectivity index (χ2n) is 7.48. The molecule has 4 fully saturated rings. The molecule has 0 aromatic heterocycles. The number of allylic oxidation sites excluding steroid dienone is 1. The van der Waals surface area contributed by atoms with E-state index in [4.69, 9.17) is 4.74 Å². The summed E-state index contributed by atoms with van der Waals surface area (Å²) in [6.45, 7) is 12.9. The van der Waals surface area contributed by atoms with Crippen LogP contribution in [0.4, 0.5) is 0 Å². The van der Waals surface area contributed by atoms with Crippen LogP contribution in [0.1, 0.15) is 59.3 Å². The van der Waals surface area contributed by atoms with Crippen molar-refractivity contribution in [3.8, 4) is 0 Å². The average molecular weight is 276 g/mol. The molecule has 0 N–H and O–H groups in total. The van der Waals surface area contributed by atoms with E-state index in [1.807, 2.05) is 13.8 Å². The molecule has 0 saturated heterocycles. The van der Waals surface area contributed by atoms with Crippen molar-refractivity contribution in [2.24, 2.45) is 17.8 Å². The average Bonchev–Trinajstić information content (AvgIpc) is 2.24. The fraction of sp³-hybridized carbons (Fsp3) is 0.722. The van der Waals surface area contributed by atoms with Gasteiger partial charge >= 0.3 is 5.97 Å². The number of hydrogen-bond donors (Lipinski definition) is 0. The summed E-state index contributed by atoms with van der Waals surface area (Å²) in [6, 6.07) is 0. The minimum Gasteiger partial charge on any atom is -0.456 e. The second-order valence-corrected chi connectivity index (χ2v) is 7.48. The zero-order valence-corrected chi connectivity index (χ0v) is 13.2.